The lowest BCUT2D eigenvalue weighted by Gasteiger charge is -2.35. The fourth-order valence-electron chi connectivity index (χ4n) is 2.03. The van der Waals surface area contributed by atoms with Crippen LogP contribution in [0.15, 0.2) is 5.38 Å². The van der Waals surface area contributed by atoms with Crippen LogP contribution < -0.4 is 10.2 Å². The number of ketones is 1. The maximum absolute atomic E-state index is 12.1. The largest absolute Gasteiger partial charge is 0.389 e. The molecule has 1 aromatic heterocycles. The van der Waals surface area contributed by atoms with Crippen molar-refractivity contribution in [3.05, 3.63) is 11.1 Å². The molecule has 1 aromatic rings. The molecule has 0 saturated carbocycles. The predicted octanol–water partition coefficient (Wildman–Crippen LogP) is -0.505. The lowest BCUT2D eigenvalue weighted by atomic mass is 10.1. The number of ether oxygens (including phenoxy) is 1. The van der Waals surface area contributed by atoms with Crippen molar-refractivity contribution in [1.29, 1.82) is 0 Å². The first-order valence-electron chi connectivity index (χ1n) is 5.99. The van der Waals surface area contributed by atoms with Gasteiger partial charge in [-0.1, -0.05) is 0 Å². The SMILES string of the molecule is O=C(c1csc(N2CC(O)C2)n1)C1CNCCO1. The molecule has 18 heavy (non-hydrogen) atoms. The van der Waals surface area contributed by atoms with Crippen molar-refractivity contribution in [2.45, 2.75) is 12.2 Å². The molecule has 2 fully saturated rings. The zero-order valence-electron chi connectivity index (χ0n) is 9.83. The number of rotatable bonds is 3. The molecule has 0 aliphatic carbocycles. The van der Waals surface area contributed by atoms with E-state index in [0.29, 0.717) is 31.9 Å². The maximum atomic E-state index is 12.1. The van der Waals surface area contributed by atoms with Crippen LogP contribution in [0.5, 0.6) is 0 Å². The predicted molar refractivity (Wildman–Crippen MR) is 67.3 cm³/mol. The zero-order valence-corrected chi connectivity index (χ0v) is 10.7. The summed E-state index contributed by atoms with van der Waals surface area (Å²) in [5.41, 5.74) is 0.463. The van der Waals surface area contributed by atoms with Crippen LogP contribution in [0.2, 0.25) is 0 Å². The highest BCUT2D eigenvalue weighted by atomic mass is 32.1. The van der Waals surface area contributed by atoms with Gasteiger partial charge in [0.05, 0.1) is 12.7 Å². The van der Waals surface area contributed by atoms with Gasteiger partial charge >= 0.3 is 0 Å². The van der Waals surface area contributed by atoms with Gasteiger partial charge in [0.15, 0.2) is 5.13 Å². The summed E-state index contributed by atoms with van der Waals surface area (Å²) in [6, 6.07) is 0. The standard InChI is InChI=1S/C11H15N3O3S/c15-7-4-14(5-7)11-13-8(6-18-11)10(16)9-3-12-1-2-17-9/h6-7,9,12,15H,1-5H2. The van der Waals surface area contributed by atoms with Gasteiger partial charge < -0.3 is 20.1 Å². The molecule has 0 spiro atoms. The summed E-state index contributed by atoms with van der Waals surface area (Å²) in [6.45, 7) is 3.10. The number of Topliss-reactive ketones (excluding diaryl/α,β-unsaturated/α-hetero) is 1. The Hall–Kier alpha value is -1.02. The molecule has 1 unspecified atom stereocenters. The van der Waals surface area contributed by atoms with E-state index in [9.17, 15) is 9.90 Å². The Bertz CT molecular complexity index is 438. The van der Waals surface area contributed by atoms with Crippen LogP contribution in [0.25, 0.3) is 0 Å². The number of carbonyl (C=O) groups excluding carboxylic acids is 1. The van der Waals surface area contributed by atoms with E-state index >= 15 is 0 Å². The molecule has 0 radical (unpaired) electrons. The second-order valence-corrected chi connectivity index (χ2v) is 5.34. The molecular weight excluding hydrogens is 254 g/mol. The van der Waals surface area contributed by atoms with Crippen molar-refractivity contribution in [2.75, 3.05) is 37.7 Å². The summed E-state index contributed by atoms with van der Waals surface area (Å²) in [5, 5.41) is 14.9. The number of aliphatic hydroxyl groups excluding tert-OH is 1. The number of thiazole rings is 1. The van der Waals surface area contributed by atoms with Gasteiger partial charge in [0, 0.05) is 31.6 Å². The monoisotopic (exact) mass is 269 g/mol. The first kappa shape index (κ1) is 12.0. The van der Waals surface area contributed by atoms with Gasteiger partial charge in [-0.15, -0.1) is 11.3 Å². The number of nitrogens with zero attached hydrogens (tertiary/aromatic N) is 2. The van der Waals surface area contributed by atoms with Crippen molar-refractivity contribution < 1.29 is 14.6 Å². The molecule has 7 heteroatoms. The Morgan fingerprint density at radius 3 is 3.11 bits per heavy atom. The molecule has 3 heterocycles. The molecule has 0 bridgehead atoms. The molecular formula is C11H15N3O3S. The van der Waals surface area contributed by atoms with Gasteiger partial charge in [0.25, 0.3) is 0 Å². The third-order valence-electron chi connectivity index (χ3n) is 3.10. The van der Waals surface area contributed by atoms with E-state index in [-0.39, 0.29) is 11.9 Å². The normalized spacial score (nSPS) is 24.9. The van der Waals surface area contributed by atoms with Gasteiger partial charge in [0.2, 0.25) is 5.78 Å². The van der Waals surface area contributed by atoms with Crippen molar-refractivity contribution in [1.82, 2.24) is 10.3 Å². The number of anilines is 1. The molecule has 3 rings (SSSR count). The Balaban J connectivity index is 1.66. The number of aliphatic hydroxyl groups is 1. The molecule has 2 saturated heterocycles. The second-order valence-electron chi connectivity index (χ2n) is 4.50. The number of hydrogen-bond donors (Lipinski definition) is 2. The summed E-state index contributed by atoms with van der Waals surface area (Å²) in [7, 11) is 0. The quantitative estimate of drug-likeness (QED) is 0.720. The third kappa shape index (κ3) is 2.26. The highest BCUT2D eigenvalue weighted by Gasteiger charge is 2.29. The van der Waals surface area contributed by atoms with Crippen LogP contribution >= 0.6 is 11.3 Å². The van der Waals surface area contributed by atoms with Gasteiger partial charge in [-0.2, -0.15) is 0 Å². The number of β-amino-alcohol motifs (C(OH)–C–C–N with tert-alkyl or cyclic N) is 1. The molecule has 1 atom stereocenters. The summed E-state index contributed by atoms with van der Waals surface area (Å²) in [5.74, 6) is -0.0641. The van der Waals surface area contributed by atoms with Gasteiger partial charge in [0.1, 0.15) is 11.8 Å². The van der Waals surface area contributed by atoms with Gasteiger partial charge in [-0.25, -0.2) is 4.98 Å². The first-order chi connectivity index (χ1) is 8.74. The second kappa shape index (κ2) is 4.93. The van der Waals surface area contributed by atoms with E-state index in [1.54, 1.807) is 5.38 Å². The number of nitrogens with one attached hydrogen (secondary N) is 1. The van der Waals surface area contributed by atoms with Crippen molar-refractivity contribution in [3.8, 4) is 0 Å². The number of carbonyl (C=O) groups is 1. The minimum Gasteiger partial charge on any atom is -0.389 e. The zero-order chi connectivity index (χ0) is 12.5. The van der Waals surface area contributed by atoms with Crippen LogP contribution in [-0.2, 0) is 4.74 Å². The lowest BCUT2D eigenvalue weighted by molar-refractivity contribution is 0.0266. The lowest BCUT2D eigenvalue weighted by Crippen LogP contribution is -2.50. The first-order valence-corrected chi connectivity index (χ1v) is 6.87. The van der Waals surface area contributed by atoms with Crippen LogP contribution in [0.3, 0.4) is 0 Å². The number of hydrogen-bond acceptors (Lipinski definition) is 7. The summed E-state index contributed by atoms with van der Waals surface area (Å²) in [4.78, 5) is 18.4. The molecule has 2 aliphatic rings. The van der Waals surface area contributed by atoms with Crippen molar-refractivity contribution in [2.24, 2.45) is 0 Å². The Morgan fingerprint density at radius 1 is 1.61 bits per heavy atom. The van der Waals surface area contributed by atoms with Crippen molar-refractivity contribution >= 4 is 22.3 Å². The van der Waals surface area contributed by atoms with Crippen LogP contribution in [0, 0.1) is 0 Å². The third-order valence-corrected chi connectivity index (χ3v) is 4.00. The molecule has 0 amide bonds. The topological polar surface area (TPSA) is 74.7 Å². The fourth-order valence-corrected chi connectivity index (χ4v) is 2.87. The highest BCUT2D eigenvalue weighted by Crippen LogP contribution is 2.25. The molecule has 2 aliphatic heterocycles. The Kier molecular flexibility index (Phi) is 3.29. The van der Waals surface area contributed by atoms with Crippen molar-refractivity contribution in [3.63, 3.8) is 0 Å². The molecule has 98 valence electrons. The average molecular weight is 269 g/mol. The molecule has 6 nitrogen and oxygen atoms in total. The Labute approximate surface area is 109 Å². The Morgan fingerprint density at radius 2 is 2.44 bits per heavy atom. The van der Waals surface area contributed by atoms with Gasteiger partial charge in [-0.05, 0) is 0 Å². The van der Waals surface area contributed by atoms with E-state index < -0.39 is 6.10 Å². The van der Waals surface area contributed by atoms with Crippen LogP contribution in [0.1, 0.15) is 10.5 Å². The van der Waals surface area contributed by atoms with E-state index in [2.05, 4.69) is 10.3 Å². The average Bonchev–Trinajstić information content (AvgIpc) is 2.84. The smallest absolute Gasteiger partial charge is 0.212 e. The van der Waals surface area contributed by atoms with Gasteiger partial charge in [-0.3, -0.25) is 4.79 Å². The maximum Gasteiger partial charge on any atom is 0.212 e. The summed E-state index contributed by atoms with van der Waals surface area (Å²) < 4.78 is 5.42. The molecule has 2 N–H and O–H groups in total. The fraction of sp³-hybridized carbons (Fsp3) is 0.636. The van der Waals surface area contributed by atoms with E-state index in [0.717, 1.165) is 11.7 Å². The van der Waals surface area contributed by atoms with E-state index in [4.69, 9.17) is 4.74 Å². The summed E-state index contributed by atoms with van der Waals surface area (Å²) >= 11 is 1.43. The minimum atomic E-state index is -0.421. The van der Waals surface area contributed by atoms with E-state index in [1.165, 1.54) is 11.3 Å². The number of aromatic nitrogens is 1. The minimum absolute atomic E-state index is 0.0641. The van der Waals surface area contributed by atoms with E-state index in [1.807, 2.05) is 4.90 Å². The highest BCUT2D eigenvalue weighted by molar-refractivity contribution is 7.14. The summed E-state index contributed by atoms with van der Waals surface area (Å²) in [6.07, 6.45) is -0.686. The van der Waals surface area contributed by atoms with Crippen LogP contribution in [-0.4, -0.2) is 60.9 Å². The number of morpholine rings is 1. The van der Waals surface area contributed by atoms with Crippen LogP contribution in [0.4, 0.5) is 5.13 Å². The molecule has 0 aromatic carbocycles.